The molecule has 2 rings (SSSR count). The molecule has 3 atom stereocenters. The van der Waals surface area contributed by atoms with Gasteiger partial charge in [0.1, 0.15) is 0 Å². The maximum absolute atomic E-state index is 9.78. The molecule has 16 heavy (non-hydrogen) atoms. The van der Waals surface area contributed by atoms with E-state index in [-0.39, 0.29) is 12.1 Å². The summed E-state index contributed by atoms with van der Waals surface area (Å²) in [4.78, 5) is 2.30. The third-order valence-electron chi connectivity index (χ3n) is 3.50. The summed E-state index contributed by atoms with van der Waals surface area (Å²) in [5.74, 6) is 0. The second kappa shape index (κ2) is 4.95. The van der Waals surface area contributed by atoms with Gasteiger partial charge in [-0.2, -0.15) is 0 Å². The summed E-state index contributed by atoms with van der Waals surface area (Å²) in [7, 11) is 0. The molecule has 0 saturated carbocycles. The third kappa shape index (κ3) is 2.43. The van der Waals surface area contributed by atoms with Crippen LogP contribution in [0.4, 0.5) is 0 Å². The number of hydrogen-bond acceptors (Lipinski definition) is 3. The van der Waals surface area contributed by atoms with Gasteiger partial charge in [0, 0.05) is 25.2 Å². The van der Waals surface area contributed by atoms with Crippen molar-refractivity contribution in [3.8, 4) is 0 Å². The third-order valence-corrected chi connectivity index (χ3v) is 3.50. The Morgan fingerprint density at radius 3 is 2.69 bits per heavy atom. The maximum atomic E-state index is 9.78. The van der Waals surface area contributed by atoms with Crippen LogP contribution in [0.3, 0.4) is 0 Å². The van der Waals surface area contributed by atoms with Crippen LogP contribution in [0.15, 0.2) is 30.3 Å². The van der Waals surface area contributed by atoms with Crippen molar-refractivity contribution in [2.45, 2.75) is 31.5 Å². The van der Waals surface area contributed by atoms with Crippen molar-refractivity contribution in [2.24, 2.45) is 5.73 Å². The van der Waals surface area contributed by atoms with Crippen LogP contribution in [-0.4, -0.2) is 35.2 Å². The van der Waals surface area contributed by atoms with E-state index in [1.54, 1.807) is 0 Å². The van der Waals surface area contributed by atoms with Gasteiger partial charge in [-0.3, -0.25) is 4.90 Å². The van der Waals surface area contributed by atoms with Crippen LogP contribution in [0, 0.1) is 0 Å². The molecule has 3 heteroatoms. The first-order valence-electron chi connectivity index (χ1n) is 5.91. The summed E-state index contributed by atoms with van der Waals surface area (Å²) in [6.07, 6.45) is 0.484. The molecule has 0 spiro atoms. The van der Waals surface area contributed by atoms with Crippen molar-refractivity contribution >= 4 is 0 Å². The monoisotopic (exact) mass is 220 g/mol. The molecule has 1 aromatic rings. The molecule has 0 amide bonds. The lowest BCUT2D eigenvalue weighted by molar-refractivity contribution is 0.0351. The topological polar surface area (TPSA) is 49.5 Å². The number of β-amino-alcohol motifs (C(OH)–C–C–N with tert-alkyl or cyclic N) is 1. The molecular weight excluding hydrogens is 200 g/mol. The molecule has 1 aliphatic heterocycles. The average Bonchev–Trinajstić information content (AvgIpc) is 2.33. The summed E-state index contributed by atoms with van der Waals surface area (Å²) >= 11 is 0. The molecule has 88 valence electrons. The summed E-state index contributed by atoms with van der Waals surface area (Å²) in [5.41, 5.74) is 7.10. The second-order valence-corrected chi connectivity index (χ2v) is 4.60. The Bertz CT molecular complexity index is 328. The number of hydrogen-bond donors (Lipinski definition) is 2. The fourth-order valence-corrected chi connectivity index (χ4v) is 2.27. The number of aliphatic hydroxyl groups is 1. The van der Waals surface area contributed by atoms with Crippen LogP contribution in [0.1, 0.15) is 24.9 Å². The second-order valence-electron chi connectivity index (χ2n) is 4.60. The summed E-state index contributed by atoms with van der Waals surface area (Å²) in [5, 5.41) is 9.78. The van der Waals surface area contributed by atoms with E-state index in [9.17, 15) is 5.11 Å². The van der Waals surface area contributed by atoms with Crippen LogP contribution < -0.4 is 5.73 Å². The lowest BCUT2D eigenvalue weighted by Crippen LogP contribution is -2.51. The molecule has 1 unspecified atom stereocenters. The molecular formula is C13H20N2O. The van der Waals surface area contributed by atoms with E-state index in [4.69, 9.17) is 5.73 Å². The van der Waals surface area contributed by atoms with E-state index >= 15 is 0 Å². The molecule has 1 aliphatic rings. The maximum Gasteiger partial charge on any atom is 0.0818 e. The Hall–Kier alpha value is -0.900. The van der Waals surface area contributed by atoms with Crippen molar-refractivity contribution in [1.29, 1.82) is 0 Å². The fourth-order valence-electron chi connectivity index (χ4n) is 2.27. The van der Waals surface area contributed by atoms with Crippen molar-refractivity contribution in [2.75, 3.05) is 13.1 Å². The van der Waals surface area contributed by atoms with Crippen LogP contribution >= 0.6 is 0 Å². The smallest absolute Gasteiger partial charge is 0.0818 e. The number of nitrogens with zero attached hydrogens (tertiary/aromatic N) is 1. The number of piperidine rings is 1. The number of likely N-dealkylation sites (tertiary alicyclic amines) is 1. The van der Waals surface area contributed by atoms with E-state index in [2.05, 4.69) is 36.1 Å². The zero-order valence-electron chi connectivity index (χ0n) is 9.71. The Morgan fingerprint density at radius 2 is 2.06 bits per heavy atom. The van der Waals surface area contributed by atoms with Crippen LogP contribution in [0.2, 0.25) is 0 Å². The van der Waals surface area contributed by atoms with Gasteiger partial charge < -0.3 is 10.8 Å². The van der Waals surface area contributed by atoms with Gasteiger partial charge in [0.05, 0.1) is 6.10 Å². The minimum absolute atomic E-state index is 0.0563. The highest BCUT2D eigenvalue weighted by Gasteiger charge is 2.27. The zero-order valence-corrected chi connectivity index (χ0v) is 9.71. The molecule has 1 heterocycles. The SMILES string of the molecule is CC(c1ccccc1)N1CC[C@@H](N)[C@H](O)C1. The predicted molar refractivity (Wildman–Crippen MR) is 65.0 cm³/mol. The van der Waals surface area contributed by atoms with Gasteiger partial charge in [-0.05, 0) is 18.9 Å². The average molecular weight is 220 g/mol. The van der Waals surface area contributed by atoms with Gasteiger partial charge in [-0.25, -0.2) is 0 Å². The van der Waals surface area contributed by atoms with Gasteiger partial charge >= 0.3 is 0 Å². The molecule has 1 fully saturated rings. The van der Waals surface area contributed by atoms with Gasteiger partial charge in [0.15, 0.2) is 0 Å². The largest absolute Gasteiger partial charge is 0.390 e. The van der Waals surface area contributed by atoms with E-state index in [0.29, 0.717) is 12.6 Å². The Morgan fingerprint density at radius 1 is 1.38 bits per heavy atom. The fraction of sp³-hybridized carbons (Fsp3) is 0.538. The summed E-state index contributed by atoms with van der Waals surface area (Å²) in [6, 6.07) is 10.7. The number of aliphatic hydroxyl groups excluding tert-OH is 1. The minimum atomic E-state index is -0.389. The van der Waals surface area contributed by atoms with Crippen molar-refractivity contribution in [3.63, 3.8) is 0 Å². The Balaban J connectivity index is 2.03. The standard InChI is InChI=1S/C13H20N2O/c1-10(11-5-3-2-4-6-11)15-8-7-12(14)13(16)9-15/h2-6,10,12-13,16H,7-9,14H2,1H3/t10?,12-,13-/m1/s1. The van der Waals surface area contributed by atoms with Crippen molar-refractivity contribution in [1.82, 2.24) is 4.90 Å². The molecule has 1 saturated heterocycles. The highest BCUT2D eigenvalue weighted by molar-refractivity contribution is 5.18. The van der Waals surface area contributed by atoms with Crippen LogP contribution in [-0.2, 0) is 0 Å². The molecule has 3 N–H and O–H groups in total. The van der Waals surface area contributed by atoms with Gasteiger partial charge in [0.25, 0.3) is 0 Å². The molecule has 0 radical (unpaired) electrons. The number of benzene rings is 1. The first-order valence-corrected chi connectivity index (χ1v) is 5.91. The Labute approximate surface area is 96.9 Å². The summed E-state index contributed by atoms with van der Waals surface area (Å²) in [6.45, 7) is 3.82. The van der Waals surface area contributed by atoms with E-state index in [1.807, 2.05) is 6.07 Å². The highest BCUT2D eigenvalue weighted by atomic mass is 16.3. The zero-order chi connectivity index (χ0) is 11.5. The highest BCUT2D eigenvalue weighted by Crippen LogP contribution is 2.23. The molecule has 1 aromatic carbocycles. The molecule has 0 bridgehead atoms. The first-order chi connectivity index (χ1) is 7.68. The van der Waals surface area contributed by atoms with Gasteiger partial charge in [0.2, 0.25) is 0 Å². The van der Waals surface area contributed by atoms with Crippen LogP contribution in [0.25, 0.3) is 0 Å². The predicted octanol–water partition coefficient (Wildman–Crippen LogP) is 1.14. The Kier molecular flexibility index (Phi) is 3.59. The first kappa shape index (κ1) is 11.6. The van der Waals surface area contributed by atoms with E-state index in [0.717, 1.165) is 13.0 Å². The summed E-state index contributed by atoms with van der Waals surface area (Å²) < 4.78 is 0. The number of rotatable bonds is 2. The lowest BCUT2D eigenvalue weighted by Gasteiger charge is -2.38. The minimum Gasteiger partial charge on any atom is -0.390 e. The molecule has 0 aromatic heterocycles. The van der Waals surface area contributed by atoms with E-state index in [1.165, 1.54) is 5.56 Å². The quantitative estimate of drug-likeness (QED) is 0.786. The van der Waals surface area contributed by atoms with Gasteiger partial charge in [-0.15, -0.1) is 0 Å². The normalized spacial score (nSPS) is 28.9. The van der Waals surface area contributed by atoms with E-state index < -0.39 is 0 Å². The van der Waals surface area contributed by atoms with Gasteiger partial charge in [-0.1, -0.05) is 30.3 Å². The van der Waals surface area contributed by atoms with Crippen molar-refractivity contribution in [3.05, 3.63) is 35.9 Å². The van der Waals surface area contributed by atoms with Crippen LogP contribution in [0.5, 0.6) is 0 Å². The molecule has 3 nitrogen and oxygen atoms in total. The number of nitrogens with two attached hydrogens (primary N) is 1. The lowest BCUT2D eigenvalue weighted by atomic mass is 9.99. The van der Waals surface area contributed by atoms with Crippen molar-refractivity contribution < 1.29 is 5.11 Å². The molecule has 0 aliphatic carbocycles.